The molecule has 0 fully saturated rings. The summed E-state index contributed by atoms with van der Waals surface area (Å²) in [6, 6.07) is 13.9. The summed E-state index contributed by atoms with van der Waals surface area (Å²) in [6.45, 7) is 0. The first-order valence-electron chi connectivity index (χ1n) is 7.51. The quantitative estimate of drug-likeness (QED) is 0.684. The number of para-hydroxylation sites is 1. The Labute approximate surface area is 158 Å². The molecular weight excluding hydrogens is 374 g/mol. The minimum absolute atomic E-state index is 0.0385. The van der Waals surface area contributed by atoms with Crippen LogP contribution in [-0.2, 0) is 0 Å². The van der Waals surface area contributed by atoms with Crippen molar-refractivity contribution in [1.82, 2.24) is 10.2 Å². The van der Waals surface area contributed by atoms with Crippen LogP contribution in [0.1, 0.15) is 20.4 Å². The van der Waals surface area contributed by atoms with Gasteiger partial charge in [0, 0.05) is 5.69 Å². The summed E-state index contributed by atoms with van der Waals surface area (Å²) < 4.78 is 5.06. The Morgan fingerprint density at radius 2 is 1.92 bits per heavy atom. The number of rotatable bonds is 5. The van der Waals surface area contributed by atoms with Crippen molar-refractivity contribution in [1.29, 1.82) is 0 Å². The molecule has 1 amide bonds. The molecule has 132 valence electrons. The number of phenols is 1. The predicted molar refractivity (Wildman–Crippen MR) is 103 cm³/mol. The van der Waals surface area contributed by atoms with E-state index in [0.717, 1.165) is 16.9 Å². The van der Waals surface area contributed by atoms with E-state index in [1.165, 1.54) is 13.2 Å². The summed E-state index contributed by atoms with van der Waals surface area (Å²) in [6.07, 6.45) is 1.66. The Hall–Kier alpha value is -2.90. The summed E-state index contributed by atoms with van der Waals surface area (Å²) in [4.78, 5) is 12.2. The number of carbonyl (C=O) groups excluding carboxylic acids is 1. The highest BCUT2D eigenvalue weighted by molar-refractivity contribution is 7.15. The number of aromatic hydroxyl groups is 1. The zero-order valence-electron chi connectivity index (χ0n) is 13.6. The number of anilines is 1. The van der Waals surface area contributed by atoms with Gasteiger partial charge in [-0.3, -0.25) is 4.79 Å². The van der Waals surface area contributed by atoms with Crippen LogP contribution in [0.25, 0.3) is 11.1 Å². The molecule has 26 heavy (non-hydrogen) atoms. The molecule has 0 radical (unpaired) electrons. The number of halogens is 1. The Bertz CT molecular complexity index is 957. The highest BCUT2D eigenvalue weighted by Gasteiger charge is 2.15. The fraction of sp³-hybridized carbons (Fsp3) is 0.0556. The number of amides is 1. The summed E-state index contributed by atoms with van der Waals surface area (Å²) in [5.74, 6) is 0.0238. The van der Waals surface area contributed by atoms with E-state index in [9.17, 15) is 9.90 Å². The summed E-state index contributed by atoms with van der Waals surface area (Å²) >= 11 is 7.37. The maximum Gasteiger partial charge on any atom is 0.286 e. The number of nitrogens with one attached hydrogen (secondary N) is 1. The molecule has 1 heterocycles. The number of nitrogens with zero attached hydrogens (tertiary/aromatic N) is 2. The lowest BCUT2D eigenvalue weighted by Crippen LogP contribution is -2.11. The average molecular weight is 388 g/mol. The van der Waals surface area contributed by atoms with Crippen LogP contribution in [0, 0.1) is 0 Å². The van der Waals surface area contributed by atoms with Crippen LogP contribution in [0.4, 0.5) is 5.69 Å². The SMILES string of the molecule is COc1cc(/C=C(\Cl)c2nnc(C(=O)Nc3ccccc3)s2)ccc1O. The number of methoxy groups -OCH3 is 1. The van der Waals surface area contributed by atoms with Gasteiger partial charge in [-0.2, -0.15) is 0 Å². The lowest BCUT2D eigenvalue weighted by atomic mass is 10.2. The molecule has 0 saturated carbocycles. The number of hydrogen-bond donors (Lipinski definition) is 2. The van der Waals surface area contributed by atoms with Gasteiger partial charge in [0.05, 0.1) is 12.1 Å². The standard InChI is InChI=1S/C18H14ClN3O3S/c1-25-15-10-11(7-8-14(15)23)9-13(19)17-21-22-18(26-17)16(24)20-12-5-3-2-4-6-12/h2-10,23H,1H3,(H,20,24)/b13-9-. The Balaban J connectivity index is 1.77. The van der Waals surface area contributed by atoms with Gasteiger partial charge in [0.2, 0.25) is 5.01 Å². The van der Waals surface area contributed by atoms with Crippen molar-refractivity contribution in [3.63, 3.8) is 0 Å². The van der Waals surface area contributed by atoms with Gasteiger partial charge in [0.1, 0.15) is 0 Å². The monoisotopic (exact) mass is 387 g/mol. The van der Waals surface area contributed by atoms with Crippen LogP contribution < -0.4 is 10.1 Å². The van der Waals surface area contributed by atoms with Crippen LogP contribution in [0.3, 0.4) is 0 Å². The van der Waals surface area contributed by atoms with Crippen molar-refractivity contribution in [2.45, 2.75) is 0 Å². The molecule has 0 spiro atoms. The lowest BCUT2D eigenvalue weighted by molar-refractivity contribution is 0.102. The largest absolute Gasteiger partial charge is 0.504 e. The topological polar surface area (TPSA) is 84.3 Å². The van der Waals surface area contributed by atoms with Crippen LogP contribution in [-0.4, -0.2) is 28.3 Å². The van der Waals surface area contributed by atoms with Gasteiger partial charge in [-0.15, -0.1) is 10.2 Å². The number of hydrogen-bond acceptors (Lipinski definition) is 6. The molecule has 0 aliphatic carbocycles. The van der Waals surface area contributed by atoms with Gasteiger partial charge >= 0.3 is 0 Å². The number of carbonyl (C=O) groups is 1. The minimum Gasteiger partial charge on any atom is -0.504 e. The highest BCUT2D eigenvalue weighted by atomic mass is 35.5. The summed E-state index contributed by atoms with van der Waals surface area (Å²) in [5.41, 5.74) is 1.39. The van der Waals surface area contributed by atoms with Crippen molar-refractivity contribution in [3.8, 4) is 11.5 Å². The minimum atomic E-state index is -0.351. The average Bonchev–Trinajstić information content (AvgIpc) is 3.14. The third-order valence-corrected chi connectivity index (χ3v) is 4.71. The van der Waals surface area contributed by atoms with Gasteiger partial charge in [-0.25, -0.2) is 0 Å². The molecule has 3 rings (SSSR count). The van der Waals surface area contributed by atoms with E-state index >= 15 is 0 Å². The van der Waals surface area contributed by atoms with Gasteiger partial charge in [0.15, 0.2) is 16.5 Å². The molecule has 2 aromatic carbocycles. The molecule has 0 unspecified atom stereocenters. The molecule has 8 heteroatoms. The van der Waals surface area contributed by atoms with E-state index in [0.29, 0.717) is 21.5 Å². The number of benzene rings is 2. The fourth-order valence-electron chi connectivity index (χ4n) is 2.11. The molecule has 6 nitrogen and oxygen atoms in total. The molecule has 0 atom stereocenters. The Kier molecular flexibility index (Phi) is 5.50. The molecule has 0 saturated heterocycles. The van der Waals surface area contributed by atoms with Gasteiger partial charge in [0.25, 0.3) is 5.91 Å². The van der Waals surface area contributed by atoms with E-state index in [4.69, 9.17) is 16.3 Å². The molecule has 0 bridgehead atoms. The van der Waals surface area contributed by atoms with Crippen LogP contribution in [0.2, 0.25) is 0 Å². The maximum absolute atomic E-state index is 12.2. The summed E-state index contributed by atoms with van der Waals surface area (Å²) in [7, 11) is 1.46. The number of phenolic OH excluding ortho intramolecular Hbond substituents is 1. The number of ether oxygens (including phenoxy) is 1. The highest BCUT2D eigenvalue weighted by Crippen LogP contribution is 2.30. The molecule has 3 aromatic rings. The van der Waals surface area contributed by atoms with Gasteiger partial charge < -0.3 is 15.2 Å². The van der Waals surface area contributed by atoms with Crippen molar-refractivity contribution in [2.24, 2.45) is 0 Å². The predicted octanol–water partition coefficient (Wildman–Crippen LogP) is 4.24. The van der Waals surface area contributed by atoms with Gasteiger partial charge in [-0.05, 0) is 35.9 Å². The van der Waals surface area contributed by atoms with E-state index in [1.54, 1.807) is 30.3 Å². The van der Waals surface area contributed by atoms with Crippen LogP contribution >= 0.6 is 22.9 Å². The normalized spacial score (nSPS) is 11.2. The van der Waals surface area contributed by atoms with E-state index in [2.05, 4.69) is 15.5 Å². The first-order valence-corrected chi connectivity index (χ1v) is 8.71. The third kappa shape index (κ3) is 4.19. The Morgan fingerprint density at radius 1 is 1.19 bits per heavy atom. The zero-order valence-corrected chi connectivity index (χ0v) is 15.2. The van der Waals surface area contributed by atoms with Crippen molar-refractivity contribution in [2.75, 3.05) is 12.4 Å². The lowest BCUT2D eigenvalue weighted by Gasteiger charge is -2.04. The second-order valence-corrected chi connectivity index (χ2v) is 6.54. The van der Waals surface area contributed by atoms with Crippen LogP contribution in [0.15, 0.2) is 48.5 Å². The maximum atomic E-state index is 12.2. The molecular formula is C18H14ClN3O3S. The zero-order chi connectivity index (χ0) is 18.5. The van der Waals surface area contributed by atoms with E-state index < -0.39 is 0 Å². The Morgan fingerprint density at radius 3 is 2.65 bits per heavy atom. The van der Waals surface area contributed by atoms with Crippen LogP contribution in [0.5, 0.6) is 11.5 Å². The first kappa shape index (κ1) is 17.9. The first-order chi connectivity index (χ1) is 12.6. The van der Waals surface area contributed by atoms with Crippen molar-refractivity contribution < 1.29 is 14.6 Å². The van der Waals surface area contributed by atoms with E-state index in [-0.39, 0.29) is 16.7 Å². The number of aromatic nitrogens is 2. The second-order valence-electron chi connectivity index (χ2n) is 5.16. The molecule has 2 N–H and O–H groups in total. The summed E-state index contributed by atoms with van der Waals surface area (Å²) in [5, 5.41) is 21.2. The van der Waals surface area contributed by atoms with Crippen molar-refractivity contribution >= 4 is 45.6 Å². The van der Waals surface area contributed by atoms with E-state index in [1.807, 2.05) is 18.2 Å². The van der Waals surface area contributed by atoms with Gasteiger partial charge in [-0.1, -0.05) is 47.2 Å². The van der Waals surface area contributed by atoms with Crippen molar-refractivity contribution in [3.05, 3.63) is 64.1 Å². The molecule has 1 aromatic heterocycles. The second kappa shape index (κ2) is 7.99. The smallest absolute Gasteiger partial charge is 0.286 e. The fourth-order valence-corrected chi connectivity index (χ4v) is 3.04. The third-order valence-electron chi connectivity index (χ3n) is 3.35. The molecule has 0 aliphatic rings. The molecule has 0 aliphatic heterocycles.